The minimum atomic E-state index is -0.863. The highest BCUT2D eigenvalue weighted by atomic mass is 16.7. The molecule has 0 aromatic carbocycles. The lowest BCUT2D eigenvalue weighted by Crippen LogP contribution is -2.40. The van der Waals surface area contributed by atoms with Gasteiger partial charge in [0.25, 0.3) is 5.56 Å². The molecule has 36 heavy (non-hydrogen) atoms. The average molecular weight is 491 g/mol. The number of carbonyl (C=O) groups is 1. The van der Waals surface area contributed by atoms with Gasteiger partial charge in [0.05, 0.1) is 12.9 Å². The summed E-state index contributed by atoms with van der Waals surface area (Å²) in [7, 11) is 1.50. The lowest BCUT2D eigenvalue weighted by atomic mass is 10.3. The Hall–Kier alpha value is -5.01. The number of aliphatic imine (C=N–C) groups is 1. The summed E-state index contributed by atoms with van der Waals surface area (Å²) >= 11 is 0. The first kappa shape index (κ1) is 22.8. The van der Waals surface area contributed by atoms with E-state index < -0.39 is 23.2 Å². The van der Waals surface area contributed by atoms with Crippen LogP contribution in [0.2, 0.25) is 0 Å². The van der Waals surface area contributed by atoms with Gasteiger partial charge in [-0.15, -0.1) is 0 Å². The minimum absolute atomic E-state index is 0.0880. The summed E-state index contributed by atoms with van der Waals surface area (Å²) in [6.07, 6.45) is 1.35. The van der Waals surface area contributed by atoms with Gasteiger partial charge < -0.3 is 19.2 Å². The second-order valence-corrected chi connectivity index (χ2v) is 8.12. The molecule has 1 atom stereocenters. The number of imidazole rings is 1. The molecule has 1 aliphatic rings. The fourth-order valence-corrected chi connectivity index (χ4v) is 3.76. The molecule has 4 aromatic heterocycles. The normalized spacial score (nSPS) is 13.9. The summed E-state index contributed by atoms with van der Waals surface area (Å²) < 4.78 is 8.74. The number of carbonyl (C=O) groups excluding carboxylic acids is 1. The molecule has 184 valence electrons. The number of hydrogen-bond acceptors (Lipinski definition) is 10. The molecule has 0 spiro atoms. The first-order valence-corrected chi connectivity index (χ1v) is 10.8. The monoisotopic (exact) mass is 491 g/mol. The topological polar surface area (TPSA) is 163 Å². The Balaban J connectivity index is 1.47. The van der Waals surface area contributed by atoms with Crippen LogP contribution in [0.25, 0.3) is 11.2 Å². The van der Waals surface area contributed by atoms with Crippen LogP contribution in [-0.4, -0.2) is 40.6 Å². The SMILES string of the molecule is C=C1N=C(c2cccc(NC(=O)[C@H](C)n3cnc4c3c(=O)n(Cc3cc(C)on3)c(=O)n4C)n2)NO1. The number of amidine groups is 1. The average Bonchev–Trinajstić information content (AvgIpc) is 3.60. The fourth-order valence-electron chi connectivity index (χ4n) is 3.76. The van der Waals surface area contributed by atoms with Crippen LogP contribution >= 0.6 is 0 Å². The molecule has 1 aliphatic heterocycles. The number of nitrogens with zero attached hydrogens (tertiary/aromatic N) is 7. The van der Waals surface area contributed by atoms with E-state index >= 15 is 0 Å². The molecule has 0 saturated heterocycles. The van der Waals surface area contributed by atoms with Gasteiger partial charge in [-0.1, -0.05) is 11.2 Å². The number of hydrogen-bond donors (Lipinski definition) is 2. The van der Waals surface area contributed by atoms with Crippen LogP contribution in [-0.2, 0) is 23.2 Å². The van der Waals surface area contributed by atoms with Gasteiger partial charge in [-0.2, -0.15) is 10.5 Å². The van der Waals surface area contributed by atoms with Crippen LogP contribution in [0.15, 0.2) is 62.2 Å². The highest BCUT2D eigenvalue weighted by molar-refractivity contribution is 5.99. The Kier molecular flexibility index (Phi) is 5.47. The molecule has 5 heterocycles. The zero-order valence-corrected chi connectivity index (χ0v) is 19.6. The number of aryl methyl sites for hydroxylation is 2. The number of pyridine rings is 1. The van der Waals surface area contributed by atoms with Crippen molar-refractivity contribution in [1.29, 1.82) is 0 Å². The predicted molar refractivity (Wildman–Crippen MR) is 127 cm³/mol. The van der Waals surface area contributed by atoms with Crippen molar-refractivity contribution in [2.45, 2.75) is 26.4 Å². The number of anilines is 1. The molecule has 0 unspecified atom stereocenters. The zero-order valence-electron chi connectivity index (χ0n) is 19.6. The van der Waals surface area contributed by atoms with E-state index in [9.17, 15) is 14.4 Å². The van der Waals surface area contributed by atoms with Crippen molar-refractivity contribution in [3.05, 3.63) is 81.0 Å². The molecule has 0 saturated carbocycles. The summed E-state index contributed by atoms with van der Waals surface area (Å²) in [6, 6.07) is 5.77. The van der Waals surface area contributed by atoms with Crippen LogP contribution in [0.4, 0.5) is 5.82 Å². The van der Waals surface area contributed by atoms with Gasteiger partial charge in [0, 0.05) is 13.1 Å². The van der Waals surface area contributed by atoms with Crippen LogP contribution in [0.1, 0.15) is 30.1 Å². The molecule has 14 heteroatoms. The van der Waals surface area contributed by atoms with Crippen molar-refractivity contribution >= 4 is 28.7 Å². The molecule has 0 bridgehead atoms. The minimum Gasteiger partial charge on any atom is -0.361 e. The summed E-state index contributed by atoms with van der Waals surface area (Å²) in [4.78, 5) is 56.9. The Morgan fingerprint density at radius 2 is 2.11 bits per heavy atom. The number of hydroxylamine groups is 1. The van der Waals surface area contributed by atoms with E-state index in [1.807, 2.05) is 0 Å². The van der Waals surface area contributed by atoms with Crippen molar-refractivity contribution in [1.82, 2.24) is 34.3 Å². The first-order valence-electron chi connectivity index (χ1n) is 10.8. The second-order valence-electron chi connectivity index (χ2n) is 8.12. The van der Waals surface area contributed by atoms with Crippen LogP contribution < -0.4 is 22.0 Å². The quantitative estimate of drug-likeness (QED) is 0.393. The van der Waals surface area contributed by atoms with E-state index in [1.54, 1.807) is 38.1 Å². The van der Waals surface area contributed by atoms with E-state index in [-0.39, 0.29) is 29.4 Å². The molecule has 1 amide bonds. The molecule has 0 aliphatic carbocycles. The predicted octanol–water partition coefficient (Wildman–Crippen LogP) is 0.589. The van der Waals surface area contributed by atoms with Gasteiger partial charge in [0.1, 0.15) is 29.0 Å². The van der Waals surface area contributed by atoms with Crippen molar-refractivity contribution in [2.24, 2.45) is 12.0 Å². The van der Waals surface area contributed by atoms with Gasteiger partial charge in [0.15, 0.2) is 17.0 Å². The molecule has 0 fully saturated rings. The van der Waals surface area contributed by atoms with E-state index in [1.165, 1.54) is 22.5 Å². The standard InChI is InChI=1S/C22H21N9O5/c1-11-8-14(27-35-11)9-30-21(33)17-19(29(4)22(30)34)23-10-31(17)12(2)20(32)26-16-7-5-6-15(25-16)18-24-13(3)36-28-18/h5-8,10,12H,3,9H2,1-2,4H3,(H,24,28)(H,25,26,32)/t12-/m0/s1. The van der Waals surface area contributed by atoms with E-state index in [4.69, 9.17) is 9.36 Å². The van der Waals surface area contributed by atoms with Crippen LogP contribution in [0.3, 0.4) is 0 Å². The third-order valence-corrected chi connectivity index (χ3v) is 5.60. The summed E-state index contributed by atoms with van der Waals surface area (Å²) in [5.41, 5.74) is 2.55. The van der Waals surface area contributed by atoms with E-state index in [2.05, 4.69) is 37.5 Å². The maximum absolute atomic E-state index is 13.3. The van der Waals surface area contributed by atoms with Crippen molar-refractivity contribution in [2.75, 3.05) is 5.32 Å². The Bertz CT molecular complexity index is 1670. The molecular weight excluding hydrogens is 470 g/mol. The van der Waals surface area contributed by atoms with Gasteiger partial charge >= 0.3 is 5.69 Å². The molecule has 0 radical (unpaired) electrons. The fraction of sp³-hybridized carbons (Fsp3) is 0.227. The number of rotatable bonds is 6. The number of aromatic nitrogens is 6. The Morgan fingerprint density at radius 1 is 1.31 bits per heavy atom. The highest BCUT2D eigenvalue weighted by Crippen LogP contribution is 2.17. The number of amides is 1. The third kappa shape index (κ3) is 3.93. The lowest BCUT2D eigenvalue weighted by molar-refractivity contribution is -0.118. The summed E-state index contributed by atoms with van der Waals surface area (Å²) in [5, 5.41) is 6.59. The smallest absolute Gasteiger partial charge is 0.332 e. The van der Waals surface area contributed by atoms with Gasteiger partial charge in [-0.25, -0.2) is 14.8 Å². The van der Waals surface area contributed by atoms with Gasteiger partial charge in [0.2, 0.25) is 11.8 Å². The number of fused-ring (bicyclic) bond motifs is 1. The van der Waals surface area contributed by atoms with Crippen molar-refractivity contribution < 1.29 is 14.2 Å². The Morgan fingerprint density at radius 3 is 2.81 bits per heavy atom. The van der Waals surface area contributed by atoms with Gasteiger partial charge in [-0.3, -0.25) is 18.7 Å². The van der Waals surface area contributed by atoms with Crippen LogP contribution in [0, 0.1) is 6.92 Å². The van der Waals surface area contributed by atoms with Crippen LogP contribution in [0.5, 0.6) is 0 Å². The molecular formula is C22H21N9O5. The Labute approximate surface area is 202 Å². The third-order valence-electron chi connectivity index (χ3n) is 5.60. The summed E-state index contributed by atoms with van der Waals surface area (Å²) in [5.74, 6) is 0.918. The molecule has 5 rings (SSSR count). The number of nitrogens with one attached hydrogen (secondary N) is 2. The maximum atomic E-state index is 13.3. The lowest BCUT2D eigenvalue weighted by Gasteiger charge is -2.15. The van der Waals surface area contributed by atoms with Crippen molar-refractivity contribution in [3.8, 4) is 0 Å². The van der Waals surface area contributed by atoms with Gasteiger partial charge in [-0.05, 0) is 32.6 Å². The highest BCUT2D eigenvalue weighted by Gasteiger charge is 2.24. The first-order chi connectivity index (χ1) is 17.2. The second kappa shape index (κ2) is 8.65. The molecule has 14 nitrogen and oxygen atoms in total. The van der Waals surface area contributed by atoms with E-state index in [0.29, 0.717) is 23.0 Å². The maximum Gasteiger partial charge on any atom is 0.332 e. The zero-order chi connectivity index (χ0) is 25.6. The molecule has 2 N–H and O–H groups in total. The van der Waals surface area contributed by atoms with E-state index in [0.717, 1.165) is 4.57 Å². The largest absolute Gasteiger partial charge is 0.361 e. The summed E-state index contributed by atoms with van der Waals surface area (Å²) in [6.45, 7) is 6.82. The molecule has 4 aromatic rings. The van der Waals surface area contributed by atoms with Crippen molar-refractivity contribution in [3.63, 3.8) is 0 Å².